The van der Waals surface area contributed by atoms with Crippen LogP contribution in [-0.4, -0.2) is 147 Å². The normalized spacial score (nSPS) is 17.7. The van der Waals surface area contributed by atoms with Crippen LogP contribution in [0.25, 0.3) is 11.3 Å². The van der Waals surface area contributed by atoms with E-state index in [2.05, 4.69) is 21.3 Å². The third kappa shape index (κ3) is 17.5. The van der Waals surface area contributed by atoms with E-state index >= 15 is 8.78 Å². The number of urea groups is 1. The summed E-state index contributed by atoms with van der Waals surface area (Å²) in [5.41, 5.74) is 6.91. The van der Waals surface area contributed by atoms with Crippen LogP contribution in [0.15, 0.2) is 91.1 Å². The minimum Gasteiger partial charge on any atom is -0.445 e. The molecule has 6 atom stereocenters. The van der Waals surface area contributed by atoms with Crippen molar-refractivity contribution in [2.45, 2.75) is 116 Å². The molecule has 3 aliphatic heterocycles. The number of halogens is 3. The number of aliphatic hydroxyl groups is 1. The number of likely N-dealkylation sites (tertiary alicyclic amines) is 1. The molecule has 3 aromatic carbocycles. The Hall–Kier alpha value is -8.12. The predicted octanol–water partition coefficient (Wildman–Crippen LogP) is 5.66. The average molecular weight is 1160 g/mol. The molecule has 0 bridgehead atoms. The maximum absolute atomic E-state index is 16.3. The average Bonchev–Trinajstić information content (AvgIpc) is 3.25. The van der Waals surface area contributed by atoms with E-state index in [1.165, 1.54) is 28.9 Å². The molecule has 3 aliphatic rings. The Labute approximate surface area is 479 Å². The first kappa shape index (κ1) is 62.5. The monoisotopic (exact) mass is 1150 g/mol. The topological polar surface area (TPSA) is 277 Å². The van der Waals surface area contributed by atoms with E-state index < -0.39 is 83.7 Å². The van der Waals surface area contributed by atoms with Crippen LogP contribution in [0.2, 0.25) is 0 Å². The molecule has 7 N–H and O–H groups in total. The largest absolute Gasteiger partial charge is 0.445 e. The number of hydrogen-bond donors (Lipinski definition) is 6. The van der Waals surface area contributed by atoms with E-state index in [0.29, 0.717) is 62.4 Å². The maximum Gasteiger partial charge on any atom is 0.410 e. The number of alkyl halides is 1. The first-order valence-corrected chi connectivity index (χ1v) is 28.0. The zero-order valence-electron chi connectivity index (χ0n) is 46.8. The summed E-state index contributed by atoms with van der Waals surface area (Å²) in [6, 6.07) is 14.9. The van der Waals surface area contributed by atoms with Gasteiger partial charge in [-0.2, -0.15) is 0 Å². The van der Waals surface area contributed by atoms with Crippen LogP contribution >= 0.6 is 0 Å². The lowest BCUT2D eigenvalue weighted by molar-refractivity contribution is -0.145. The van der Waals surface area contributed by atoms with Crippen molar-refractivity contribution in [1.82, 2.24) is 40.2 Å². The van der Waals surface area contributed by atoms with E-state index in [9.17, 15) is 47.9 Å². The van der Waals surface area contributed by atoms with Crippen LogP contribution in [-0.2, 0) is 51.4 Å². The number of ether oxygens (including phenoxy) is 2. The quantitative estimate of drug-likeness (QED) is 0.0312. The lowest BCUT2D eigenvalue weighted by Crippen LogP contribution is -2.54. The molecule has 2 fully saturated rings. The number of benzene rings is 3. The fraction of sp³-hybridized carbons (Fsp3) is 0.475. The van der Waals surface area contributed by atoms with Crippen molar-refractivity contribution in [3.05, 3.63) is 120 Å². The van der Waals surface area contributed by atoms with Gasteiger partial charge in [0.25, 0.3) is 17.7 Å². The summed E-state index contributed by atoms with van der Waals surface area (Å²) in [6.45, 7) is 5.05. The highest BCUT2D eigenvalue weighted by atomic mass is 19.1. The summed E-state index contributed by atoms with van der Waals surface area (Å²) >= 11 is 0. The number of anilines is 1. The molecule has 9 amide bonds. The Kier molecular flexibility index (Phi) is 22.4. The zero-order chi connectivity index (χ0) is 59.7. The maximum atomic E-state index is 16.3. The second-order valence-electron chi connectivity index (χ2n) is 21.5. The molecule has 446 valence electrons. The van der Waals surface area contributed by atoms with Gasteiger partial charge in [0.2, 0.25) is 17.7 Å². The van der Waals surface area contributed by atoms with Crippen LogP contribution in [0, 0.1) is 29.4 Å². The number of hydrogen-bond acceptors (Lipinski definition) is 12. The van der Waals surface area contributed by atoms with Gasteiger partial charge in [-0.3, -0.25) is 33.7 Å². The highest BCUT2D eigenvalue weighted by molar-refractivity contribution is 6.12. The predicted molar refractivity (Wildman–Crippen MR) is 298 cm³/mol. The summed E-state index contributed by atoms with van der Waals surface area (Å²) < 4.78 is 59.4. The number of nitrogens with zero attached hydrogens (tertiary/aromatic N) is 5. The van der Waals surface area contributed by atoms with Crippen molar-refractivity contribution in [2.24, 2.45) is 23.5 Å². The summed E-state index contributed by atoms with van der Waals surface area (Å²) in [5, 5.41) is 21.6. The number of imidazole rings is 1. The Morgan fingerprint density at radius 1 is 0.867 bits per heavy atom. The number of carbonyl (C=O) groups excluding carboxylic acids is 8. The smallest absolute Gasteiger partial charge is 0.410 e. The van der Waals surface area contributed by atoms with Gasteiger partial charge in [-0.05, 0) is 98.7 Å². The highest BCUT2D eigenvalue weighted by Gasteiger charge is 2.44. The Balaban J connectivity index is 0.976. The summed E-state index contributed by atoms with van der Waals surface area (Å²) in [7, 11) is 0. The van der Waals surface area contributed by atoms with E-state index in [-0.39, 0.29) is 100 Å². The van der Waals surface area contributed by atoms with Crippen LogP contribution in [0.4, 0.5) is 28.4 Å². The molecular formula is C59H73F3N10O11. The van der Waals surface area contributed by atoms with Crippen LogP contribution in [0.3, 0.4) is 0 Å². The molecule has 24 heteroatoms. The van der Waals surface area contributed by atoms with Crippen LogP contribution in [0.1, 0.15) is 95.1 Å². The first-order chi connectivity index (χ1) is 39.8. The van der Waals surface area contributed by atoms with Crippen molar-refractivity contribution in [3.63, 3.8) is 0 Å². The molecule has 3 unspecified atom stereocenters. The number of amides is 9. The van der Waals surface area contributed by atoms with Crippen molar-refractivity contribution < 1.29 is 66.1 Å². The number of unbranched alkanes of at least 4 members (excludes halogenated alkanes) is 2. The van der Waals surface area contributed by atoms with Crippen LogP contribution < -0.4 is 27.0 Å². The SMILES string of the molecule is CC(C)[C@H](NC(=O)CCCCCN1C(=O)C=CC1=O)C(=O)N[C@@H](CCCNC(N)=O)C(=O)Nc1ccc(COC(=O)N2CC(F)C(CN(C(=O)[C@H](C)O)C(c3nc(-c4cc(F)ccc4F)cn3Cc3ccccc3)C3CCOCC3)C2)cc1. The molecule has 4 aromatic rings. The Morgan fingerprint density at radius 3 is 2.25 bits per heavy atom. The third-order valence-corrected chi connectivity index (χ3v) is 14.8. The van der Waals surface area contributed by atoms with Gasteiger partial charge in [0.1, 0.15) is 48.4 Å². The number of nitrogens with one attached hydrogen (secondary N) is 4. The van der Waals surface area contributed by atoms with E-state index in [1.807, 2.05) is 30.3 Å². The van der Waals surface area contributed by atoms with Gasteiger partial charge in [0, 0.05) is 87.9 Å². The molecule has 0 saturated carbocycles. The lowest BCUT2D eigenvalue weighted by Gasteiger charge is -2.40. The van der Waals surface area contributed by atoms with E-state index in [0.717, 1.165) is 28.7 Å². The second kappa shape index (κ2) is 29.7. The number of carbonyl (C=O) groups is 8. The molecule has 7 rings (SSSR count). The Bertz CT molecular complexity index is 2940. The van der Waals surface area contributed by atoms with Gasteiger partial charge in [-0.1, -0.05) is 62.7 Å². The summed E-state index contributed by atoms with van der Waals surface area (Å²) in [6.07, 6.45) is 2.85. The molecular weight excluding hydrogens is 1080 g/mol. The zero-order valence-corrected chi connectivity index (χ0v) is 46.8. The number of rotatable bonds is 27. The van der Waals surface area contributed by atoms with Crippen molar-refractivity contribution in [3.8, 4) is 11.3 Å². The molecule has 1 aromatic heterocycles. The van der Waals surface area contributed by atoms with Gasteiger partial charge in [0.15, 0.2) is 0 Å². The lowest BCUT2D eigenvalue weighted by atomic mass is 9.88. The number of aromatic nitrogens is 2. The molecule has 83 heavy (non-hydrogen) atoms. The van der Waals surface area contributed by atoms with Crippen LogP contribution in [0.5, 0.6) is 0 Å². The van der Waals surface area contributed by atoms with E-state index in [4.69, 9.17) is 20.2 Å². The Morgan fingerprint density at radius 2 is 1.58 bits per heavy atom. The molecule has 0 radical (unpaired) electrons. The van der Waals surface area contributed by atoms with Gasteiger partial charge >= 0.3 is 12.1 Å². The first-order valence-electron chi connectivity index (χ1n) is 28.0. The van der Waals surface area contributed by atoms with Gasteiger partial charge in [-0.15, -0.1) is 0 Å². The highest BCUT2D eigenvalue weighted by Crippen LogP contribution is 2.39. The van der Waals surface area contributed by atoms with Crippen molar-refractivity contribution >= 4 is 53.3 Å². The molecule has 21 nitrogen and oxygen atoms in total. The minimum atomic E-state index is -1.62. The number of nitrogens with two attached hydrogens (primary N) is 1. The standard InChI is InChI=1S/C59H73F3N10O11/c1-36(2)52(68-49(74)14-8-5-9-26-71-50(75)21-22-51(71)76)56(78)67-47(13-10-25-64-58(63)80)55(77)65-43-18-15-39(16-19-43)35-83-59(81)70-31-41(46(62)33-70)32-72(57(79)37(3)73)53(40-23-27-82-28-24-40)54-66-48(44-29-42(60)17-20-45(44)61)34-69(54)30-38-11-6-4-7-12-38/h4,6-7,11-12,15-22,29,34,36-37,40-41,46-47,52-53,73H,5,8-10,13-14,23-28,30-33,35H2,1-3H3,(H,65,77)(H,67,78)(H,68,74)(H3,63,64,80)/t37-,41?,46?,47-,52-,53?/m0/s1. The number of imide groups is 1. The fourth-order valence-electron chi connectivity index (χ4n) is 10.4. The second-order valence-corrected chi connectivity index (χ2v) is 21.5. The van der Waals surface area contributed by atoms with Gasteiger partial charge in [-0.25, -0.2) is 27.7 Å². The minimum absolute atomic E-state index is 0.0754. The van der Waals surface area contributed by atoms with Crippen molar-refractivity contribution in [1.29, 1.82) is 0 Å². The van der Waals surface area contributed by atoms with Gasteiger partial charge in [0.05, 0.1) is 18.3 Å². The van der Waals surface area contributed by atoms with Gasteiger partial charge < -0.3 is 55.9 Å². The molecule has 2 saturated heterocycles. The van der Waals surface area contributed by atoms with E-state index in [1.54, 1.807) is 48.9 Å². The summed E-state index contributed by atoms with van der Waals surface area (Å²) in [4.78, 5) is 112. The molecule has 0 aliphatic carbocycles. The third-order valence-electron chi connectivity index (χ3n) is 14.8. The number of primary amides is 1. The molecule has 0 spiro atoms. The number of aliphatic hydroxyl groups excluding tert-OH is 1. The summed E-state index contributed by atoms with van der Waals surface area (Å²) in [5.74, 6) is -5.79. The van der Waals surface area contributed by atoms with Crippen molar-refractivity contribution in [2.75, 3.05) is 51.3 Å². The fourth-order valence-corrected chi connectivity index (χ4v) is 10.4. The molecule has 4 heterocycles.